The molecule has 5 heteroatoms. The minimum atomic E-state index is -0.238. The monoisotopic (exact) mass is 343 g/mol. The number of benzene rings is 1. The molecule has 1 aromatic heterocycles. The minimum Gasteiger partial charge on any atom is -0.336 e. The first-order chi connectivity index (χ1) is 12.0. The lowest BCUT2D eigenvalue weighted by atomic mass is 10.1. The van der Waals surface area contributed by atoms with Gasteiger partial charge in [0.05, 0.1) is 16.9 Å². The fraction of sp³-hybridized carbons (Fsp3) is 0.550. The van der Waals surface area contributed by atoms with Gasteiger partial charge in [-0.15, -0.1) is 0 Å². The van der Waals surface area contributed by atoms with E-state index in [2.05, 4.69) is 6.92 Å². The van der Waals surface area contributed by atoms with Crippen LogP contribution in [-0.2, 0) is 11.3 Å². The molecule has 0 aliphatic carbocycles. The van der Waals surface area contributed by atoms with Gasteiger partial charge in [0.2, 0.25) is 5.91 Å². The third-order valence-electron chi connectivity index (χ3n) is 4.68. The van der Waals surface area contributed by atoms with Gasteiger partial charge in [-0.25, -0.2) is 4.98 Å². The van der Waals surface area contributed by atoms with Gasteiger partial charge in [-0.1, -0.05) is 38.8 Å². The van der Waals surface area contributed by atoms with Gasteiger partial charge in [0.25, 0.3) is 5.56 Å². The average molecular weight is 343 g/mol. The number of rotatable bonds is 8. The van der Waals surface area contributed by atoms with E-state index < -0.39 is 0 Å². The Morgan fingerprint density at radius 2 is 1.92 bits per heavy atom. The van der Waals surface area contributed by atoms with Gasteiger partial charge in [-0.2, -0.15) is 0 Å². The summed E-state index contributed by atoms with van der Waals surface area (Å²) >= 11 is 0. The molecule has 0 radical (unpaired) electrons. The Hall–Kier alpha value is -2.17. The average Bonchev–Trinajstić information content (AvgIpc) is 2.63. The minimum absolute atomic E-state index is 0.0267. The zero-order chi connectivity index (χ0) is 18.4. The third-order valence-corrected chi connectivity index (χ3v) is 4.68. The van der Waals surface area contributed by atoms with Crippen molar-refractivity contribution in [2.24, 2.45) is 0 Å². The molecule has 0 saturated carbocycles. The maximum absolute atomic E-state index is 12.9. The number of aromatic nitrogens is 2. The second kappa shape index (κ2) is 8.79. The van der Waals surface area contributed by atoms with E-state index in [1.54, 1.807) is 16.5 Å². The predicted octanol–water partition coefficient (Wildman–Crippen LogP) is 3.91. The molecule has 1 amide bonds. The van der Waals surface area contributed by atoms with Crippen LogP contribution in [0.3, 0.4) is 0 Å². The van der Waals surface area contributed by atoms with Crippen LogP contribution in [-0.4, -0.2) is 27.4 Å². The van der Waals surface area contributed by atoms with Crippen LogP contribution in [0.15, 0.2) is 29.1 Å². The fourth-order valence-corrected chi connectivity index (χ4v) is 3.04. The van der Waals surface area contributed by atoms with Gasteiger partial charge >= 0.3 is 0 Å². The lowest BCUT2D eigenvalue weighted by molar-refractivity contribution is -0.132. The van der Waals surface area contributed by atoms with Crippen molar-refractivity contribution in [1.29, 1.82) is 0 Å². The van der Waals surface area contributed by atoms with Crippen LogP contribution in [0.1, 0.15) is 64.7 Å². The molecule has 1 heterocycles. The number of unbranched alkanes of at least 4 members (excludes halogenated alkanes) is 2. The molecule has 1 unspecified atom stereocenters. The van der Waals surface area contributed by atoms with Crippen molar-refractivity contribution >= 4 is 16.8 Å². The standard InChI is InChI=1S/C20H29N3O2/c1-5-7-8-13-18(24)22(4)15(3)19-21-17-12-10-9-11-16(17)20(25)23(19)14-6-2/h9-12,15H,5-8,13-14H2,1-4H3. The number of amides is 1. The SMILES string of the molecule is CCCCCC(=O)N(C)C(C)c1nc2ccccc2c(=O)n1CCC. The Kier molecular flexibility index (Phi) is 6.73. The molecule has 25 heavy (non-hydrogen) atoms. The summed E-state index contributed by atoms with van der Waals surface area (Å²) in [6.45, 7) is 6.71. The normalized spacial score (nSPS) is 12.3. The number of hydrogen-bond acceptors (Lipinski definition) is 3. The maximum Gasteiger partial charge on any atom is 0.261 e. The van der Waals surface area contributed by atoms with Crippen LogP contribution >= 0.6 is 0 Å². The molecule has 0 aliphatic heterocycles. The quantitative estimate of drug-likeness (QED) is 0.683. The third kappa shape index (κ3) is 4.27. The molecule has 2 aromatic rings. The van der Waals surface area contributed by atoms with E-state index in [4.69, 9.17) is 4.98 Å². The van der Waals surface area contributed by atoms with Crippen molar-refractivity contribution in [3.05, 3.63) is 40.4 Å². The molecule has 1 aromatic carbocycles. The van der Waals surface area contributed by atoms with Crippen molar-refractivity contribution in [1.82, 2.24) is 14.5 Å². The van der Waals surface area contributed by atoms with E-state index in [-0.39, 0.29) is 17.5 Å². The lowest BCUT2D eigenvalue weighted by Gasteiger charge is -2.27. The number of nitrogens with zero attached hydrogens (tertiary/aromatic N) is 3. The zero-order valence-electron chi connectivity index (χ0n) is 15.8. The summed E-state index contributed by atoms with van der Waals surface area (Å²) in [4.78, 5) is 31.8. The molecule has 2 rings (SSSR count). The maximum atomic E-state index is 12.9. The molecule has 0 bridgehead atoms. The van der Waals surface area contributed by atoms with Gasteiger partial charge in [-0.3, -0.25) is 14.2 Å². The number of fused-ring (bicyclic) bond motifs is 1. The number of para-hydroxylation sites is 1. The molecule has 136 valence electrons. The van der Waals surface area contributed by atoms with Crippen LogP contribution in [0.4, 0.5) is 0 Å². The summed E-state index contributed by atoms with van der Waals surface area (Å²) in [5, 5.41) is 0.629. The van der Waals surface area contributed by atoms with E-state index in [9.17, 15) is 9.59 Å². The second-order valence-electron chi connectivity index (χ2n) is 6.58. The Balaban J connectivity index is 2.39. The highest BCUT2D eigenvalue weighted by molar-refractivity contribution is 5.78. The Morgan fingerprint density at radius 1 is 1.20 bits per heavy atom. The molecule has 0 fully saturated rings. The smallest absolute Gasteiger partial charge is 0.261 e. The molecule has 0 spiro atoms. The van der Waals surface area contributed by atoms with E-state index in [1.165, 1.54) is 0 Å². The van der Waals surface area contributed by atoms with E-state index in [0.717, 1.165) is 25.7 Å². The fourth-order valence-electron chi connectivity index (χ4n) is 3.04. The summed E-state index contributed by atoms with van der Waals surface area (Å²) in [6, 6.07) is 7.16. The van der Waals surface area contributed by atoms with Gasteiger partial charge in [-0.05, 0) is 31.9 Å². The van der Waals surface area contributed by atoms with Gasteiger partial charge in [0, 0.05) is 20.0 Å². The van der Waals surface area contributed by atoms with Crippen LogP contribution in [0.2, 0.25) is 0 Å². The first-order valence-electron chi connectivity index (χ1n) is 9.26. The highest BCUT2D eigenvalue weighted by atomic mass is 16.2. The van der Waals surface area contributed by atoms with Crippen molar-refractivity contribution in [3.8, 4) is 0 Å². The van der Waals surface area contributed by atoms with Crippen molar-refractivity contribution in [2.75, 3.05) is 7.05 Å². The highest BCUT2D eigenvalue weighted by Crippen LogP contribution is 2.20. The van der Waals surface area contributed by atoms with Crippen molar-refractivity contribution in [2.45, 2.75) is 65.5 Å². The molecular weight excluding hydrogens is 314 g/mol. The van der Waals surface area contributed by atoms with Crippen LogP contribution < -0.4 is 5.56 Å². The van der Waals surface area contributed by atoms with E-state index >= 15 is 0 Å². The molecule has 5 nitrogen and oxygen atoms in total. The van der Waals surface area contributed by atoms with Crippen LogP contribution in [0.25, 0.3) is 10.9 Å². The number of carbonyl (C=O) groups is 1. The zero-order valence-corrected chi connectivity index (χ0v) is 15.8. The van der Waals surface area contributed by atoms with Gasteiger partial charge in [0.15, 0.2) is 0 Å². The lowest BCUT2D eigenvalue weighted by Crippen LogP contribution is -2.35. The highest BCUT2D eigenvalue weighted by Gasteiger charge is 2.22. The Morgan fingerprint density at radius 3 is 2.60 bits per heavy atom. The predicted molar refractivity (Wildman–Crippen MR) is 102 cm³/mol. The summed E-state index contributed by atoms with van der Waals surface area (Å²) in [5.41, 5.74) is 0.662. The molecule has 0 aliphatic rings. The van der Waals surface area contributed by atoms with Crippen LogP contribution in [0.5, 0.6) is 0 Å². The Bertz CT molecular complexity index is 782. The summed E-state index contributed by atoms with van der Waals surface area (Å²) < 4.78 is 1.73. The summed E-state index contributed by atoms with van der Waals surface area (Å²) in [7, 11) is 1.80. The molecule has 0 N–H and O–H groups in total. The largest absolute Gasteiger partial charge is 0.336 e. The van der Waals surface area contributed by atoms with Gasteiger partial charge in [0.1, 0.15) is 5.82 Å². The van der Waals surface area contributed by atoms with Crippen molar-refractivity contribution in [3.63, 3.8) is 0 Å². The molecule has 1 atom stereocenters. The second-order valence-corrected chi connectivity index (χ2v) is 6.58. The Labute approximate surface area is 149 Å². The number of carbonyl (C=O) groups excluding carboxylic acids is 1. The van der Waals surface area contributed by atoms with Crippen LogP contribution in [0, 0.1) is 0 Å². The summed E-state index contributed by atoms with van der Waals surface area (Å²) in [5.74, 6) is 0.767. The topological polar surface area (TPSA) is 55.2 Å². The van der Waals surface area contributed by atoms with E-state index in [0.29, 0.717) is 29.7 Å². The van der Waals surface area contributed by atoms with E-state index in [1.807, 2.05) is 38.1 Å². The molecule has 0 saturated heterocycles. The molecular formula is C20H29N3O2. The van der Waals surface area contributed by atoms with Crippen molar-refractivity contribution < 1.29 is 4.79 Å². The first-order valence-corrected chi connectivity index (χ1v) is 9.26. The van der Waals surface area contributed by atoms with Gasteiger partial charge < -0.3 is 4.90 Å². The summed E-state index contributed by atoms with van der Waals surface area (Å²) in [6.07, 6.45) is 4.44. The number of hydrogen-bond donors (Lipinski definition) is 0. The first kappa shape index (κ1) is 19.2.